The number of methoxy groups -OCH3 is 1. The molecule has 0 saturated carbocycles. The van der Waals surface area contributed by atoms with Gasteiger partial charge in [0.25, 0.3) is 10.0 Å². The number of benzene rings is 2. The first kappa shape index (κ1) is 17.6. The predicted octanol–water partition coefficient (Wildman–Crippen LogP) is 3.13. The molecule has 0 fully saturated rings. The zero-order valence-corrected chi connectivity index (χ0v) is 15.0. The molecular weight excluding hydrogens is 408 g/mol. The number of phenolic OH excluding ortho intramolecular Hbond substituents is 1. The van der Waals surface area contributed by atoms with Crippen molar-refractivity contribution in [3.05, 3.63) is 51.5 Å². The van der Waals surface area contributed by atoms with Crippen LogP contribution in [0.2, 0.25) is 5.02 Å². The van der Waals surface area contributed by atoms with Crippen LogP contribution in [0.3, 0.4) is 0 Å². The van der Waals surface area contributed by atoms with E-state index in [1.165, 1.54) is 43.7 Å². The number of halogens is 2. The van der Waals surface area contributed by atoms with Crippen molar-refractivity contribution >= 4 is 43.8 Å². The van der Waals surface area contributed by atoms with Gasteiger partial charge in [0.05, 0.1) is 22.7 Å². The van der Waals surface area contributed by atoms with Crippen LogP contribution in [-0.4, -0.2) is 26.8 Å². The minimum Gasteiger partial charge on any atom is -0.503 e. The van der Waals surface area contributed by atoms with Crippen LogP contribution >= 0.6 is 27.5 Å². The molecule has 6 nitrogen and oxygen atoms in total. The SMILES string of the molecule is COc1ccc(/C=N/NS(=O)(=O)c2ccc(Cl)cc2)c(Br)c1O. The molecule has 0 bridgehead atoms. The van der Waals surface area contributed by atoms with E-state index in [1.807, 2.05) is 0 Å². The molecule has 0 unspecified atom stereocenters. The van der Waals surface area contributed by atoms with Gasteiger partial charge in [-0.15, -0.1) is 0 Å². The molecule has 2 rings (SSSR count). The minimum absolute atomic E-state index is 0.0377. The lowest BCUT2D eigenvalue weighted by Crippen LogP contribution is -2.18. The Morgan fingerprint density at radius 2 is 1.91 bits per heavy atom. The Balaban J connectivity index is 2.18. The number of aromatic hydroxyl groups is 1. The van der Waals surface area contributed by atoms with Crippen molar-refractivity contribution in [3.8, 4) is 11.5 Å². The topological polar surface area (TPSA) is 88.0 Å². The molecule has 0 saturated heterocycles. The lowest BCUT2D eigenvalue weighted by atomic mass is 10.2. The maximum Gasteiger partial charge on any atom is 0.276 e. The van der Waals surface area contributed by atoms with Crippen molar-refractivity contribution in [1.29, 1.82) is 0 Å². The fourth-order valence-electron chi connectivity index (χ4n) is 1.66. The summed E-state index contributed by atoms with van der Waals surface area (Å²) in [6.07, 6.45) is 1.26. The number of nitrogens with one attached hydrogen (secondary N) is 1. The summed E-state index contributed by atoms with van der Waals surface area (Å²) in [5.41, 5.74) is 0.474. The normalized spacial score (nSPS) is 11.6. The summed E-state index contributed by atoms with van der Waals surface area (Å²) in [7, 11) is -2.37. The van der Waals surface area contributed by atoms with Gasteiger partial charge >= 0.3 is 0 Å². The molecule has 2 aromatic rings. The van der Waals surface area contributed by atoms with Gasteiger partial charge in [-0.2, -0.15) is 13.5 Å². The zero-order valence-electron chi connectivity index (χ0n) is 11.8. The molecule has 0 radical (unpaired) electrons. The van der Waals surface area contributed by atoms with Gasteiger partial charge in [0.15, 0.2) is 11.5 Å². The van der Waals surface area contributed by atoms with Gasteiger partial charge in [0.2, 0.25) is 0 Å². The third-order valence-electron chi connectivity index (χ3n) is 2.83. The number of hydrogen-bond acceptors (Lipinski definition) is 5. The number of hydrazone groups is 1. The molecule has 23 heavy (non-hydrogen) atoms. The van der Waals surface area contributed by atoms with Crippen molar-refractivity contribution in [1.82, 2.24) is 4.83 Å². The van der Waals surface area contributed by atoms with E-state index >= 15 is 0 Å². The van der Waals surface area contributed by atoms with Crippen LogP contribution in [0.15, 0.2) is 50.9 Å². The summed E-state index contributed by atoms with van der Waals surface area (Å²) in [6, 6.07) is 8.83. The molecule has 0 amide bonds. The summed E-state index contributed by atoms with van der Waals surface area (Å²) in [5, 5.41) is 14.0. The van der Waals surface area contributed by atoms with Gasteiger partial charge in [-0.3, -0.25) is 0 Å². The smallest absolute Gasteiger partial charge is 0.276 e. The number of rotatable bonds is 5. The maximum absolute atomic E-state index is 12.0. The van der Waals surface area contributed by atoms with Gasteiger partial charge in [0, 0.05) is 10.6 Å². The second kappa shape index (κ2) is 7.20. The second-order valence-corrected chi connectivity index (χ2v) is 7.22. The third kappa shape index (κ3) is 4.15. The van der Waals surface area contributed by atoms with E-state index in [0.717, 1.165) is 0 Å². The average Bonchev–Trinajstić information content (AvgIpc) is 2.52. The third-order valence-corrected chi connectivity index (χ3v) is 5.15. The molecule has 122 valence electrons. The van der Waals surface area contributed by atoms with Gasteiger partial charge in [-0.1, -0.05) is 11.6 Å². The van der Waals surface area contributed by atoms with E-state index in [-0.39, 0.29) is 16.4 Å². The summed E-state index contributed by atoms with van der Waals surface area (Å²) in [4.78, 5) is 2.12. The molecule has 2 N–H and O–H groups in total. The van der Waals surface area contributed by atoms with Crippen molar-refractivity contribution in [2.75, 3.05) is 7.11 Å². The zero-order chi connectivity index (χ0) is 17.0. The average molecular weight is 420 g/mol. The molecule has 0 aliphatic carbocycles. The molecule has 0 aliphatic rings. The molecule has 0 spiro atoms. The summed E-state index contributed by atoms with van der Waals surface area (Å²) < 4.78 is 29.4. The Labute approximate surface area is 146 Å². The fourth-order valence-corrected chi connectivity index (χ4v) is 3.01. The molecule has 0 aliphatic heterocycles. The van der Waals surface area contributed by atoms with Crippen LogP contribution in [0.25, 0.3) is 0 Å². The Hall–Kier alpha value is -1.77. The van der Waals surface area contributed by atoms with E-state index < -0.39 is 10.0 Å². The molecule has 9 heteroatoms. The van der Waals surface area contributed by atoms with Gasteiger partial charge in [-0.05, 0) is 52.3 Å². The lowest BCUT2D eigenvalue weighted by molar-refractivity contribution is 0.372. The van der Waals surface area contributed by atoms with E-state index in [4.69, 9.17) is 16.3 Å². The number of nitrogens with zero attached hydrogens (tertiary/aromatic N) is 1. The molecule has 0 aromatic heterocycles. The van der Waals surface area contributed by atoms with E-state index in [0.29, 0.717) is 15.1 Å². The molecule has 0 atom stereocenters. The highest BCUT2D eigenvalue weighted by Gasteiger charge is 2.13. The first-order valence-corrected chi connectivity index (χ1v) is 8.86. The Morgan fingerprint density at radius 1 is 1.26 bits per heavy atom. The molecule has 0 heterocycles. The highest BCUT2D eigenvalue weighted by molar-refractivity contribution is 9.10. The van der Waals surface area contributed by atoms with Crippen LogP contribution in [0.4, 0.5) is 0 Å². The maximum atomic E-state index is 12.0. The van der Waals surface area contributed by atoms with Crippen LogP contribution < -0.4 is 9.57 Å². The summed E-state index contributed by atoms with van der Waals surface area (Å²) in [5.74, 6) is 0.188. The van der Waals surface area contributed by atoms with Crippen molar-refractivity contribution in [2.24, 2.45) is 5.10 Å². The minimum atomic E-state index is -3.79. The standard InChI is InChI=1S/C14H12BrClN2O4S/c1-22-12-7-2-9(13(15)14(12)19)8-17-18-23(20,21)11-5-3-10(16)4-6-11/h2-8,18-19H,1H3/b17-8+. The number of phenols is 1. The first-order valence-electron chi connectivity index (χ1n) is 6.21. The Morgan fingerprint density at radius 3 is 2.52 bits per heavy atom. The number of sulfonamides is 1. The van der Waals surface area contributed by atoms with Crippen LogP contribution in [0, 0.1) is 0 Å². The van der Waals surface area contributed by atoms with Crippen molar-refractivity contribution in [2.45, 2.75) is 4.90 Å². The van der Waals surface area contributed by atoms with Gasteiger partial charge in [0.1, 0.15) is 0 Å². The fraction of sp³-hybridized carbons (Fsp3) is 0.0714. The van der Waals surface area contributed by atoms with Crippen LogP contribution in [-0.2, 0) is 10.0 Å². The lowest BCUT2D eigenvalue weighted by Gasteiger charge is -2.07. The molecular formula is C14H12BrClN2O4S. The molecule has 2 aromatic carbocycles. The van der Waals surface area contributed by atoms with E-state index in [9.17, 15) is 13.5 Å². The van der Waals surface area contributed by atoms with E-state index in [1.54, 1.807) is 6.07 Å². The largest absolute Gasteiger partial charge is 0.503 e. The van der Waals surface area contributed by atoms with Crippen LogP contribution in [0.1, 0.15) is 5.56 Å². The monoisotopic (exact) mass is 418 g/mol. The highest BCUT2D eigenvalue weighted by atomic mass is 79.9. The first-order chi connectivity index (χ1) is 10.8. The van der Waals surface area contributed by atoms with E-state index in [2.05, 4.69) is 25.9 Å². The quantitative estimate of drug-likeness (QED) is 0.576. The predicted molar refractivity (Wildman–Crippen MR) is 91.7 cm³/mol. The summed E-state index contributed by atoms with van der Waals surface area (Å²) >= 11 is 8.91. The number of ether oxygens (including phenoxy) is 1. The highest BCUT2D eigenvalue weighted by Crippen LogP contribution is 2.35. The van der Waals surface area contributed by atoms with Crippen molar-refractivity contribution in [3.63, 3.8) is 0 Å². The van der Waals surface area contributed by atoms with Crippen LogP contribution in [0.5, 0.6) is 11.5 Å². The summed E-state index contributed by atoms with van der Waals surface area (Å²) in [6.45, 7) is 0. The van der Waals surface area contributed by atoms with Gasteiger partial charge < -0.3 is 9.84 Å². The number of hydrogen-bond donors (Lipinski definition) is 2. The van der Waals surface area contributed by atoms with Gasteiger partial charge in [-0.25, -0.2) is 4.83 Å². The Bertz CT molecular complexity index is 839. The second-order valence-electron chi connectivity index (χ2n) is 4.33. The van der Waals surface area contributed by atoms with Crippen molar-refractivity contribution < 1.29 is 18.3 Å². The Kier molecular flexibility index (Phi) is 5.51.